The van der Waals surface area contributed by atoms with Gasteiger partial charge in [-0.15, -0.1) is 0 Å². The average Bonchev–Trinajstić information content (AvgIpc) is 2.24. The highest BCUT2D eigenvalue weighted by molar-refractivity contribution is 7.99. The Morgan fingerprint density at radius 1 is 1.32 bits per heavy atom. The molecular formula is C15H24N2OS. The van der Waals surface area contributed by atoms with Crippen molar-refractivity contribution in [2.24, 2.45) is 11.5 Å². The number of carbonyl (C=O) groups is 1. The van der Waals surface area contributed by atoms with Crippen molar-refractivity contribution in [1.82, 2.24) is 0 Å². The number of thioether (sulfide) groups is 1. The predicted molar refractivity (Wildman–Crippen MR) is 83.1 cm³/mol. The molecule has 4 heteroatoms. The lowest BCUT2D eigenvalue weighted by atomic mass is 9.97. The molecule has 1 aromatic rings. The molecule has 0 aliphatic rings. The Kier molecular flexibility index (Phi) is 5.44. The van der Waals surface area contributed by atoms with Crippen molar-refractivity contribution in [2.45, 2.75) is 50.7 Å². The first kappa shape index (κ1) is 16.1. The van der Waals surface area contributed by atoms with E-state index in [2.05, 4.69) is 39.0 Å². The molecule has 0 aromatic heterocycles. The number of nitrogens with two attached hydrogens (primary N) is 2. The molecule has 0 radical (unpaired) electrons. The third kappa shape index (κ3) is 5.25. The normalized spacial score (nSPS) is 15.8. The fraction of sp³-hybridized carbons (Fsp3) is 0.533. The van der Waals surface area contributed by atoms with Gasteiger partial charge >= 0.3 is 0 Å². The summed E-state index contributed by atoms with van der Waals surface area (Å²) in [4.78, 5) is 11.2. The second kappa shape index (κ2) is 6.44. The smallest absolute Gasteiger partial charge is 0.237 e. The maximum atomic E-state index is 11.2. The Morgan fingerprint density at radius 2 is 1.84 bits per heavy atom. The first-order valence-corrected chi connectivity index (χ1v) is 7.53. The second-order valence-corrected chi connectivity index (χ2v) is 7.03. The van der Waals surface area contributed by atoms with Crippen molar-refractivity contribution >= 4 is 17.7 Å². The van der Waals surface area contributed by atoms with Gasteiger partial charge in [-0.25, -0.2) is 0 Å². The van der Waals surface area contributed by atoms with Crippen LogP contribution in [0.25, 0.3) is 0 Å². The number of rotatable bonds is 6. The molecule has 2 atom stereocenters. The molecule has 0 aliphatic heterocycles. The van der Waals surface area contributed by atoms with Gasteiger partial charge in [-0.05, 0) is 32.8 Å². The molecule has 4 N–H and O–H groups in total. The standard InChI is InChI=1S/C15H24N2OS/c1-10-5-11(2)7-13(6-10)9-19-12(3)8-15(4,17)14(16)18/h5-7,12H,8-9,17H2,1-4H3,(H2,16,18). The zero-order chi connectivity index (χ0) is 14.6. The van der Waals surface area contributed by atoms with Gasteiger partial charge in [0.2, 0.25) is 5.91 Å². The molecule has 0 heterocycles. The molecule has 2 unspecified atom stereocenters. The molecule has 1 rings (SSSR count). The van der Waals surface area contributed by atoms with Crippen LogP contribution in [0, 0.1) is 13.8 Å². The summed E-state index contributed by atoms with van der Waals surface area (Å²) in [6.45, 7) is 7.99. The van der Waals surface area contributed by atoms with E-state index in [0.717, 1.165) is 5.75 Å². The molecule has 3 nitrogen and oxygen atoms in total. The summed E-state index contributed by atoms with van der Waals surface area (Å²) in [7, 11) is 0. The Bertz CT molecular complexity index is 437. The monoisotopic (exact) mass is 280 g/mol. The van der Waals surface area contributed by atoms with E-state index in [9.17, 15) is 4.79 Å². The largest absolute Gasteiger partial charge is 0.368 e. The molecule has 0 spiro atoms. The summed E-state index contributed by atoms with van der Waals surface area (Å²) >= 11 is 1.80. The van der Waals surface area contributed by atoms with Gasteiger partial charge in [0.05, 0.1) is 5.54 Å². The van der Waals surface area contributed by atoms with Crippen LogP contribution >= 0.6 is 11.8 Å². The van der Waals surface area contributed by atoms with Gasteiger partial charge < -0.3 is 11.5 Å². The van der Waals surface area contributed by atoms with E-state index in [1.807, 2.05) is 0 Å². The molecule has 0 saturated heterocycles. The number of carbonyl (C=O) groups excluding carboxylic acids is 1. The summed E-state index contributed by atoms with van der Waals surface area (Å²) in [5, 5.41) is 0.295. The molecule has 0 aliphatic carbocycles. The number of aryl methyl sites for hydroxylation is 2. The fourth-order valence-electron chi connectivity index (χ4n) is 2.15. The van der Waals surface area contributed by atoms with E-state index in [4.69, 9.17) is 11.5 Å². The Hall–Kier alpha value is -1.00. The van der Waals surface area contributed by atoms with Crippen LogP contribution in [0.3, 0.4) is 0 Å². The van der Waals surface area contributed by atoms with Gasteiger partial charge in [0.15, 0.2) is 0 Å². The SMILES string of the molecule is Cc1cc(C)cc(CSC(C)CC(C)(N)C(N)=O)c1. The number of primary amides is 1. The summed E-state index contributed by atoms with van der Waals surface area (Å²) in [6, 6.07) is 6.56. The Morgan fingerprint density at radius 3 is 2.32 bits per heavy atom. The molecule has 0 saturated carbocycles. The fourth-order valence-corrected chi connectivity index (χ4v) is 3.26. The lowest BCUT2D eigenvalue weighted by Gasteiger charge is -2.24. The number of benzene rings is 1. The molecule has 19 heavy (non-hydrogen) atoms. The highest BCUT2D eigenvalue weighted by Crippen LogP contribution is 2.24. The van der Waals surface area contributed by atoms with E-state index in [-0.39, 0.29) is 0 Å². The van der Waals surface area contributed by atoms with Crippen LogP contribution in [0.5, 0.6) is 0 Å². The zero-order valence-corrected chi connectivity index (χ0v) is 13.0. The molecule has 0 bridgehead atoms. The van der Waals surface area contributed by atoms with E-state index >= 15 is 0 Å². The minimum absolute atomic E-state index is 0.295. The molecule has 1 amide bonds. The van der Waals surface area contributed by atoms with Crippen LogP contribution < -0.4 is 11.5 Å². The van der Waals surface area contributed by atoms with Crippen molar-refractivity contribution < 1.29 is 4.79 Å². The zero-order valence-electron chi connectivity index (χ0n) is 12.2. The second-order valence-electron chi connectivity index (χ2n) is 5.60. The van der Waals surface area contributed by atoms with E-state index < -0.39 is 11.4 Å². The molecule has 1 aromatic carbocycles. The van der Waals surface area contributed by atoms with Crippen molar-refractivity contribution in [3.8, 4) is 0 Å². The van der Waals surface area contributed by atoms with Crippen LogP contribution in [0.1, 0.15) is 37.0 Å². The lowest BCUT2D eigenvalue weighted by molar-refractivity contribution is -0.122. The minimum Gasteiger partial charge on any atom is -0.368 e. The molecule has 0 fully saturated rings. The maximum absolute atomic E-state index is 11.2. The van der Waals surface area contributed by atoms with E-state index in [1.165, 1.54) is 16.7 Å². The van der Waals surface area contributed by atoms with Crippen molar-refractivity contribution in [2.75, 3.05) is 0 Å². The first-order valence-electron chi connectivity index (χ1n) is 6.48. The van der Waals surface area contributed by atoms with Crippen LogP contribution in [0.4, 0.5) is 0 Å². The van der Waals surface area contributed by atoms with E-state index in [0.29, 0.717) is 11.7 Å². The quantitative estimate of drug-likeness (QED) is 0.841. The van der Waals surface area contributed by atoms with Crippen LogP contribution in [0.2, 0.25) is 0 Å². The number of hydrogen-bond acceptors (Lipinski definition) is 3. The van der Waals surface area contributed by atoms with Gasteiger partial charge in [-0.3, -0.25) is 4.79 Å². The lowest BCUT2D eigenvalue weighted by Crippen LogP contribution is -2.50. The molecular weight excluding hydrogens is 256 g/mol. The Labute approximate surface area is 120 Å². The topological polar surface area (TPSA) is 69.1 Å². The van der Waals surface area contributed by atoms with Gasteiger partial charge in [-0.2, -0.15) is 11.8 Å². The van der Waals surface area contributed by atoms with Gasteiger partial charge in [-0.1, -0.05) is 36.2 Å². The summed E-state index contributed by atoms with van der Waals surface area (Å²) < 4.78 is 0. The van der Waals surface area contributed by atoms with Gasteiger partial charge in [0, 0.05) is 11.0 Å². The van der Waals surface area contributed by atoms with Crippen molar-refractivity contribution in [1.29, 1.82) is 0 Å². The highest BCUT2D eigenvalue weighted by atomic mass is 32.2. The first-order chi connectivity index (χ1) is 8.70. The van der Waals surface area contributed by atoms with E-state index in [1.54, 1.807) is 18.7 Å². The maximum Gasteiger partial charge on any atom is 0.237 e. The number of hydrogen-bond donors (Lipinski definition) is 2. The predicted octanol–water partition coefficient (Wildman–Crippen LogP) is 2.52. The highest BCUT2D eigenvalue weighted by Gasteiger charge is 2.27. The van der Waals surface area contributed by atoms with Gasteiger partial charge in [0.1, 0.15) is 0 Å². The van der Waals surface area contributed by atoms with Crippen molar-refractivity contribution in [3.63, 3.8) is 0 Å². The molecule has 106 valence electrons. The third-order valence-electron chi connectivity index (χ3n) is 3.09. The van der Waals surface area contributed by atoms with Crippen molar-refractivity contribution in [3.05, 3.63) is 34.9 Å². The summed E-state index contributed by atoms with van der Waals surface area (Å²) in [6.07, 6.45) is 0.595. The van der Waals surface area contributed by atoms with Crippen LogP contribution in [-0.2, 0) is 10.5 Å². The minimum atomic E-state index is -0.922. The third-order valence-corrected chi connectivity index (χ3v) is 4.33. The summed E-state index contributed by atoms with van der Waals surface area (Å²) in [5.74, 6) is 0.491. The number of amides is 1. The summed E-state index contributed by atoms with van der Waals surface area (Å²) in [5.41, 5.74) is 14.1. The van der Waals surface area contributed by atoms with Gasteiger partial charge in [0.25, 0.3) is 0 Å². The van der Waals surface area contributed by atoms with Crippen LogP contribution in [0.15, 0.2) is 18.2 Å². The Balaban J connectivity index is 2.55. The average molecular weight is 280 g/mol. The van der Waals surface area contributed by atoms with Crippen LogP contribution in [-0.4, -0.2) is 16.7 Å².